The Balaban J connectivity index is 2.69. The lowest BCUT2D eigenvalue weighted by Crippen LogP contribution is -1.96. The second-order valence-electron chi connectivity index (χ2n) is 3.11. The van der Waals surface area contributed by atoms with E-state index in [2.05, 4.69) is 15.9 Å². The van der Waals surface area contributed by atoms with Crippen molar-refractivity contribution in [2.24, 2.45) is 0 Å². The first-order valence-corrected chi connectivity index (χ1v) is 5.53. The molecule has 15 heavy (non-hydrogen) atoms. The minimum atomic E-state index is -0.840. The van der Waals surface area contributed by atoms with E-state index < -0.39 is 11.8 Å². The summed E-state index contributed by atoms with van der Waals surface area (Å²) < 4.78 is 13.3. The molecular weight excluding hydrogens is 286 g/mol. The van der Waals surface area contributed by atoms with Gasteiger partial charge in [0.1, 0.15) is 5.82 Å². The van der Waals surface area contributed by atoms with Crippen LogP contribution in [0.2, 0.25) is 5.02 Å². The molecule has 0 atom stereocenters. The van der Waals surface area contributed by atoms with Gasteiger partial charge in [-0.2, -0.15) is 0 Å². The van der Waals surface area contributed by atoms with E-state index in [0.29, 0.717) is 22.3 Å². The number of benzene rings is 1. The molecule has 1 rings (SSSR count). The molecule has 0 saturated carbocycles. The number of hydrogen-bond donors (Lipinski definition) is 1. The first-order chi connectivity index (χ1) is 7.00. The molecule has 0 aliphatic carbocycles. The van der Waals surface area contributed by atoms with Gasteiger partial charge >= 0.3 is 5.97 Å². The van der Waals surface area contributed by atoms with Crippen LogP contribution in [0.25, 0.3) is 0 Å². The lowest BCUT2D eigenvalue weighted by molar-refractivity contribution is -0.137. The smallest absolute Gasteiger partial charge is 0.303 e. The number of aliphatic carboxylic acids is 1. The normalized spacial score (nSPS) is 10.3. The molecule has 1 aromatic carbocycles. The van der Waals surface area contributed by atoms with Crippen molar-refractivity contribution in [3.8, 4) is 0 Å². The predicted octanol–water partition coefficient (Wildman–Crippen LogP) is 3.65. The quantitative estimate of drug-likeness (QED) is 0.861. The van der Waals surface area contributed by atoms with Crippen molar-refractivity contribution < 1.29 is 14.3 Å². The molecule has 2 nitrogen and oxygen atoms in total. The number of rotatable bonds is 4. The summed E-state index contributed by atoms with van der Waals surface area (Å²) in [5.74, 6) is -1.26. The molecule has 0 aliphatic rings. The monoisotopic (exact) mass is 294 g/mol. The molecule has 0 saturated heterocycles. The molecule has 0 aliphatic heterocycles. The van der Waals surface area contributed by atoms with Crippen molar-refractivity contribution in [2.45, 2.75) is 19.3 Å². The number of halogens is 3. The largest absolute Gasteiger partial charge is 0.481 e. The van der Waals surface area contributed by atoms with Crippen LogP contribution >= 0.6 is 27.5 Å². The zero-order chi connectivity index (χ0) is 11.4. The molecule has 1 N–H and O–H groups in total. The highest BCUT2D eigenvalue weighted by molar-refractivity contribution is 9.10. The molecule has 1 aromatic rings. The van der Waals surface area contributed by atoms with Crippen LogP contribution in [-0.4, -0.2) is 11.1 Å². The average Bonchev–Trinajstić information content (AvgIpc) is 2.13. The first kappa shape index (κ1) is 12.5. The van der Waals surface area contributed by atoms with Crippen molar-refractivity contribution in [3.63, 3.8) is 0 Å². The van der Waals surface area contributed by atoms with Crippen LogP contribution in [0.1, 0.15) is 18.4 Å². The Morgan fingerprint density at radius 1 is 1.53 bits per heavy atom. The average molecular weight is 296 g/mol. The molecule has 0 amide bonds. The lowest BCUT2D eigenvalue weighted by Gasteiger charge is -2.04. The summed E-state index contributed by atoms with van der Waals surface area (Å²) >= 11 is 8.86. The Kier molecular flexibility index (Phi) is 4.54. The van der Waals surface area contributed by atoms with Crippen molar-refractivity contribution in [3.05, 3.63) is 33.0 Å². The molecule has 0 aromatic heterocycles. The first-order valence-electron chi connectivity index (χ1n) is 4.36. The highest BCUT2D eigenvalue weighted by atomic mass is 79.9. The van der Waals surface area contributed by atoms with Crippen molar-refractivity contribution in [1.29, 1.82) is 0 Å². The molecule has 0 heterocycles. The summed E-state index contributed by atoms with van der Waals surface area (Å²) in [6.45, 7) is 0. The molecule has 0 fully saturated rings. The maximum atomic E-state index is 13.0. The summed E-state index contributed by atoms with van der Waals surface area (Å²) in [5, 5.41) is 8.79. The van der Waals surface area contributed by atoms with Gasteiger partial charge in [-0.15, -0.1) is 0 Å². The zero-order valence-electron chi connectivity index (χ0n) is 7.77. The van der Waals surface area contributed by atoms with Crippen LogP contribution < -0.4 is 0 Å². The Bertz CT molecular complexity index is 382. The van der Waals surface area contributed by atoms with Crippen LogP contribution in [0, 0.1) is 5.82 Å². The number of carbonyl (C=O) groups is 1. The van der Waals surface area contributed by atoms with Gasteiger partial charge in [0.25, 0.3) is 0 Å². The number of aryl methyl sites for hydroxylation is 1. The van der Waals surface area contributed by atoms with E-state index in [1.165, 1.54) is 6.07 Å². The van der Waals surface area contributed by atoms with Gasteiger partial charge in [-0.1, -0.05) is 11.6 Å². The van der Waals surface area contributed by atoms with Crippen LogP contribution in [0.15, 0.2) is 16.6 Å². The number of hydrogen-bond acceptors (Lipinski definition) is 1. The highest BCUT2D eigenvalue weighted by Gasteiger charge is 2.07. The van der Waals surface area contributed by atoms with Gasteiger partial charge < -0.3 is 5.11 Å². The Hall–Kier alpha value is -0.610. The third-order valence-electron chi connectivity index (χ3n) is 1.93. The molecular formula is C10H9BrClFO2. The summed E-state index contributed by atoms with van der Waals surface area (Å²) in [5.41, 5.74) is 0.756. The third-order valence-corrected chi connectivity index (χ3v) is 2.89. The van der Waals surface area contributed by atoms with Gasteiger partial charge in [-0.25, -0.2) is 4.39 Å². The molecule has 5 heteroatoms. The Morgan fingerprint density at radius 3 is 2.80 bits per heavy atom. The van der Waals surface area contributed by atoms with Crippen LogP contribution in [-0.2, 0) is 11.2 Å². The van der Waals surface area contributed by atoms with E-state index in [1.807, 2.05) is 0 Å². The van der Waals surface area contributed by atoms with Gasteiger partial charge in [-0.05, 0) is 46.5 Å². The van der Waals surface area contributed by atoms with E-state index in [4.69, 9.17) is 16.7 Å². The third kappa shape index (κ3) is 3.80. The van der Waals surface area contributed by atoms with Gasteiger partial charge in [0.2, 0.25) is 0 Å². The molecule has 0 spiro atoms. The van der Waals surface area contributed by atoms with E-state index in [1.54, 1.807) is 6.07 Å². The van der Waals surface area contributed by atoms with Gasteiger partial charge in [-0.3, -0.25) is 4.79 Å². The minimum absolute atomic E-state index is 0.0886. The molecule has 0 unspecified atom stereocenters. The minimum Gasteiger partial charge on any atom is -0.481 e. The van der Waals surface area contributed by atoms with Crippen molar-refractivity contribution >= 4 is 33.5 Å². The highest BCUT2D eigenvalue weighted by Crippen LogP contribution is 2.25. The maximum Gasteiger partial charge on any atom is 0.303 e. The summed E-state index contributed by atoms with van der Waals surface area (Å²) in [4.78, 5) is 10.3. The van der Waals surface area contributed by atoms with Crippen LogP contribution in [0.5, 0.6) is 0 Å². The second kappa shape index (κ2) is 5.47. The van der Waals surface area contributed by atoms with Crippen molar-refractivity contribution in [1.82, 2.24) is 0 Å². The van der Waals surface area contributed by atoms with E-state index >= 15 is 0 Å². The fourth-order valence-electron chi connectivity index (χ4n) is 1.19. The van der Waals surface area contributed by atoms with Gasteiger partial charge in [0.05, 0.1) is 4.47 Å². The molecule has 0 bridgehead atoms. The Labute approximate surface area is 100 Å². The summed E-state index contributed by atoms with van der Waals surface area (Å²) in [7, 11) is 0. The van der Waals surface area contributed by atoms with Crippen LogP contribution in [0.3, 0.4) is 0 Å². The standard InChI is InChI=1S/C10H9BrClFO2/c11-7-4-6(2-1-3-10(14)15)8(12)5-9(7)13/h4-5H,1-3H2,(H,14,15). The molecule has 0 radical (unpaired) electrons. The maximum absolute atomic E-state index is 13.0. The summed E-state index contributed by atoms with van der Waals surface area (Å²) in [6.07, 6.45) is 1.11. The fourth-order valence-corrected chi connectivity index (χ4v) is 1.82. The van der Waals surface area contributed by atoms with Gasteiger partial charge in [0, 0.05) is 11.4 Å². The fraction of sp³-hybridized carbons (Fsp3) is 0.300. The second-order valence-corrected chi connectivity index (χ2v) is 4.37. The molecule has 82 valence electrons. The number of carboxylic acid groups (broad SMARTS) is 1. The van der Waals surface area contributed by atoms with E-state index in [9.17, 15) is 9.18 Å². The zero-order valence-corrected chi connectivity index (χ0v) is 10.1. The SMILES string of the molecule is O=C(O)CCCc1cc(Br)c(F)cc1Cl. The topological polar surface area (TPSA) is 37.3 Å². The summed E-state index contributed by atoms with van der Waals surface area (Å²) in [6, 6.07) is 2.81. The Morgan fingerprint density at radius 2 is 2.20 bits per heavy atom. The number of carboxylic acids is 1. The van der Waals surface area contributed by atoms with E-state index in [-0.39, 0.29) is 6.42 Å². The van der Waals surface area contributed by atoms with E-state index in [0.717, 1.165) is 5.56 Å². The lowest BCUT2D eigenvalue weighted by atomic mass is 10.1. The van der Waals surface area contributed by atoms with Gasteiger partial charge in [0.15, 0.2) is 0 Å². The van der Waals surface area contributed by atoms with Crippen LogP contribution in [0.4, 0.5) is 4.39 Å². The van der Waals surface area contributed by atoms with Crippen molar-refractivity contribution in [2.75, 3.05) is 0 Å². The predicted molar refractivity (Wildman–Crippen MR) is 59.7 cm³/mol.